The lowest BCUT2D eigenvalue weighted by atomic mass is 9.94. The standard InChI is InChI=1S/C24H28N4O2S/c1-24(2,3)22(29)28-12-13-30-20(16-28)19-10-7-11-21(26-19)27-23-25-15-18(31-23)14-17-8-5-4-6-9-17/h4-11,15,20H,12-14,16H2,1-3H3,(H,25,26,27). The number of pyridine rings is 1. The normalized spacial score (nSPS) is 16.9. The first kappa shape index (κ1) is 21.5. The van der Waals surface area contributed by atoms with E-state index in [4.69, 9.17) is 9.72 Å². The second-order valence-electron chi connectivity index (χ2n) is 8.73. The summed E-state index contributed by atoms with van der Waals surface area (Å²) in [6, 6.07) is 16.2. The number of benzene rings is 1. The van der Waals surface area contributed by atoms with Gasteiger partial charge in [-0.2, -0.15) is 0 Å². The number of thiazole rings is 1. The third-order valence-corrected chi connectivity index (χ3v) is 6.02. The molecule has 162 valence electrons. The molecule has 7 heteroatoms. The molecule has 0 saturated carbocycles. The number of hydrogen-bond donors (Lipinski definition) is 1. The van der Waals surface area contributed by atoms with Gasteiger partial charge in [0.2, 0.25) is 5.91 Å². The molecule has 4 rings (SSSR count). The number of hydrogen-bond acceptors (Lipinski definition) is 6. The van der Waals surface area contributed by atoms with Gasteiger partial charge in [0.25, 0.3) is 0 Å². The summed E-state index contributed by atoms with van der Waals surface area (Å²) in [7, 11) is 0. The Morgan fingerprint density at radius 2 is 2.00 bits per heavy atom. The zero-order valence-electron chi connectivity index (χ0n) is 18.2. The minimum atomic E-state index is -0.402. The summed E-state index contributed by atoms with van der Waals surface area (Å²) in [5.41, 5.74) is 1.68. The van der Waals surface area contributed by atoms with Crippen LogP contribution in [0.25, 0.3) is 0 Å². The van der Waals surface area contributed by atoms with Gasteiger partial charge in [-0.25, -0.2) is 9.97 Å². The molecule has 1 amide bonds. The fraction of sp³-hybridized carbons (Fsp3) is 0.375. The van der Waals surface area contributed by atoms with Gasteiger partial charge in [-0.05, 0) is 17.7 Å². The summed E-state index contributed by atoms with van der Waals surface area (Å²) >= 11 is 1.62. The van der Waals surface area contributed by atoms with Crippen molar-refractivity contribution in [1.82, 2.24) is 14.9 Å². The Balaban J connectivity index is 1.42. The summed E-state index contributed by atoms with van der Waals surface area (Å²) < 4.78 is 5.94. The maximum absolute atomic E-state index is 12.7. The highest BCUT2D eigenvalue weighted by molar-refractivity contribution is 7.15. The molecule has 0 bridgehead atoms. The fourth-order valence-electron chi connectivity index (χ4n) is 3.54. The largest absolute Gasteiger partial charge is 0.368 e. The van der Waals surface area contributed by atoms with Crippen molar-refractivity contribution in [1.29, 1.82) is 0 Å². The van der Waals surface area contributed by atoms with Gasteiger partial charge < -0.3 is 15.0 Å². The van der Waals surface area contributed by atoms with Crippen molar-refractivity contribution in [2.24, 2.45) is 5.41 Å². The third kappa shape index (κ3) is 5.48. The monoisotopic (exact) mass is 436 g/mol. The molecule has 3 heterocycles. The fourth-order valence-corrected chi connectivity index (χ4v) is 4.39. The van der Waals surface area contributed by atoms with E-state index in [9.17, 15) is 4.79 Å². The predicted octanol–water partition coefficient (Wildman–Crippen LogP) is 4.82. The molecule has 1 atom stereocenters. The van der Waals surface area contributed by atoms with Gasteiger partial charge in [0, 0.05) is 29.5 Å². The van der Waals surface area contributed by atoms with Crippen LogP contribution in [0.2, 0.25) is 0 Å². The van der Waals surface area contributed by atoms with E-state index >= 15 is 0 Å². The van der Waals surface area contributed by atoms with E-state index in [1.54, 1.807) is 11.3 Å². The van der Waals surface area contributed by atoms with Crippen molar-refractivity contribution in [3.05, 3.63) is 70.9 Å². The molecule has 0 aliphatic carbocycles. The number of anilines is 2. The number of ether oxygens (including phenoxy) is 1. The second-order valence-corrected chi connectivity index (χ2v) is 9.84. The molecule has 3 aromatic rings. The zero-order chi connectivity index (χ0) is 21.8. The molecule has 31 heavy (non-hydrogen) atoms. The van der Waals surface area contributed by atoms with Crippen LogP contribution in [0, 0.1) is 5.41 Å². The molecule has 0 spiro atoms. The lowest BCUT2D eigenvalue weighted by Crippen LogP contribution is -2.47. The van der Waals surface area contributed by atoms with Crippen LogP contribution in [0.4, 0.5) is 10.9 Å². The van der Waals surface area contributed by atoms with Crippen molar-refractivity contribution in [3.8, 4) is 0 Å². The number of aromatic nitrogens is 2. The Hall–Kier alpha value is -2.77. The summed E-state index contributed by atoms with van der Waals surface area (Å²) in [5, 5.41) is 4.12. The number of nitrogens with one attached hydrogen (secondary N) is 1. The smallest absolute Gasteiger partial charge is 0.228 e. The van der Waals surface area contributed by atoms with Crippen LogP contribution in [0.5, 0.6) is 0 Å². The van der Waals surface area contributed by atoms with Crippen molar-refractivity contribution < 1.29 is 9.53 Å². The minimum absolute atomic E-state index is 0.142. The molecule has 6 nitrogen and oxygen atoms in total. The molecule has 1 aliphatic rings. The highest BCUT2D eigenvalue weighted by atomic mass is 32.1. The zero-order valence-corrected chi connectivity index (χ0v) is 19.0. The summed E-state index contributed by atoms with van der Waals surface area (Å²) in [6.45, 7) is 7.49. The van der Waals surface area contributed by atoms with Crippen LogP contribution < -0.4 is 5.32 Å². The molecule has 2 aromatic heterocycles. The number of carbonyl (C=O) groups is 1. The molecule has 0 radical (unpaired) electrons. The van der Waals surface area contributed by atoms with E-state index in [0.717, 1.165) is 23.1 Å². The average molecular weight is 437 g/mol. The van der Waals surface area contributed by atoms with Gasteiger partial charge in [-0.15, -0.1) is 11.3 Å². The molecular formula is C24H28N4O2S. The van der Waals surface area contributed by atoms with E-state index in [2.05, 4.69) is 34.6 Å². The van der Waals surface area contributed by atoms with Crippen LogP contribution in [-0.2, 0) is 16.0 Å². The van der Waals surface area contributed by atoms with E-state index < -0.39 is 5.41 Å². The number of rotatable bonds is 5. The molecule has 1 unspecified atom stereocenters. The first-order chi connectivity index (χ1) is 14.9. The van der Waals surface area contributed by atoms with Gasteiger partial charge in [-0.1, -0.05) is 57.2 Å². The van der Waals surface area contributed by atoms with Crippen molar-refractivity contribution in [3.63, 3.8) is 0 Å². The average Bonchev–Trinajstić information content (AvgIpc) is 3.20. The summed E-state index contributed by atoms with van der Waals surface area (Å²) in [5.74, 6) is 0.866. The lowest BCUT2D eigenvalue weighted by molar-refractivity contribution is -0.147. The minimum Gasteiger partial charge on any atom is -0.368 e. The lowest BCUT2D eigenvalue weighted by Gasteiger charge is -2.36. The van der Waals surface area contributed by atoms with E-state index in [-0.39, 0.29) is 12.0 Å². The maximum atomic E-state index is 12.7. The second kappa shape index (κ2) is 9.16. The summed E-state index contributed by atoms with van der Waals surface area (Å²) in [4.78, 5) is 25.0. The van der Waals surface area contributed by atoms with Crippen LogP contribution in [-0.4, -0.2) is 40.5 Å². The Bertz CT molecular complexity index is 1030. The third-order valence-electron chi connectivity index (χ3n) is 5.11. The Labute approximate surface area is 187 Å². The highest BCUT2D eigenvalue weighted by Crippen LogP contribution is 2.28. The number of morpholine rings is 1. The predicted molar refractivity (Wildman–Crippen MR) is 124 cm³/mol. The quantitative estimate of drug-likeness (QED) is 0.621. The van der Waals surface area contributed by atoms with Crippen LogP contribution >= 0.6 is 11.3 Å². The summed E-state index contributed by atoms with van der Waals surface area (Å²) in [6.07, 6.45) is 2.54. The number of nitrogens with zero attached hydrogens (tertiary/aromatic N) is 3. The molecule has 1 N–H and O–H groups in total. The van der Waals surface area contributed by atoms with E-state index in [1.807, 2.05) is 56.1 Å². The van der Waals surface area contributed by atoms with Crippen molar-refractivity contribution >= 4 is 28.2 Å². The first-order valence-electron chi connectivity index (χ1n) is 10.5. The SMILES string of the molecule is CC(C)(C)C(=O)N1CCOC(c2cccc(Nc3ncc(Cc4ccccc4)s3)n2)C1. The van der Waals surface area contributed by atoms with Crippen LogP contribution in [0.15, 0.2) is 54.7 Å². The van der Waals surface area contributed by atoms with Gasteiger partial charge in [-0.3, -0.25) is 4.79 Å². The first-order valence-corrected chi connectivity index (χ1v) is 11.3. The number of carbonyl (C=O) groups excluding carboxylic acids is 1. The van der Waals surface area contributed by atoms with Gasteiger partial charge in [0.1, 0.15) is 11.9 Å². The van der Waals surface area contributed by atoms with Gasteiger partial charge in [0.05, 0.1) is 18.8 Å². The topological polar surface area (TPSA) is 67.3 Å². The Morgan fingerprint density at radius 3 is 2.77 bits per heavy atom. The highest BCUT2D eigenvalue weighted by Gasteiger charge is 2.32. The molecule has 1 fully saturated rings. The van der Waals surface area contributed by atoms with Gasteiger partial charge in [0.15, 0.2) is 5.13 Å². The Morgan fingerprint density at radius 1 is 1.19 bits per heavy atom. The van der Waals surface area contributed by atoms with Crippen molar-refractivity contribution in [2.75, 3.05) is 25.0 Å². The molecular weight excluding hydrogens is 408 g/mol. The molecule has 1 aromatic carbocycles. The van der Waals surface area contributed by atoms with Crippen molar-refractivity contribution in [2.45, 2.75) is 33.3 Å². The van der Waals surface area contributed by atoms with E-state index in [0.29, 0.717) is 19.7 Å². The van der Waals surface area contributed by atoms with Gasteiger partial charge >= 0.3 is 0 Å². The van der Waals surface area contributed by atoms with Crippen LogP contribution in [0.1, 0.15) is 43.0 Å². The van der Waals surface area contributed by atoms with Crippen LogP contribution in [0.3, 0.4) is 0 Å². The number of amides is 1. The van der Waals surface area contributed by atoms with E-state index in [1.165, 1.54) is 10.4 Å². The molecule has 1 saturated heterocycles. The maximum Gasteiger partial charge on any atom is 0.228 e. The Kier molecular flexibility index (Phi) is 6.34. The molecule has 1 aliphatic heterocycles.